The van der Waals surface area contributed by atoms with Crippen LogP contribution in [0.15, 0.2) is 23.4 Å². The minimum Gasteiger partial charge on any atom is -0.479 e. The number of β-lactam (4-membered cyclic amide) rings is 1. The molecule has 3 rings (SSSR count). The first kappa shape index (κ1) is 27.4. The van der Waals surface area contributed by atoms with Crippen molar-refractivity contribution >= 4 is 70.3 Å². The molecule has 1 fully saturated rings. The van der Waals surface area contributed by atoms with Crippen LogP contribution in [0.1, 0.15) is 33.1 Å². The lowest BCUT2D eigenvalue weighted by atomic mass is 10.0. The van der Waals surface area contributed by atoms with Crippen LogP contribution in [0, 0.1) is 0 Å². The fourth-order valence-electron chi connectivity index (χ4n) is 3.61. The van der Waals surface area contributed by atoms with Crippen LogP contribution in [0.3, 0.4) is 0 Å². The van der Waals surface area contributed by atoms with Crippen molar-refractivity contribution in [2.45, 2.75) is 50.6 Å². The van der Waals surface area contributed by atoms with Crippen molar-refractivity contribution < 1.29 is 33.8 Å². The molecule has 13 heteroatoms. The van der Waals surface area contributed by atoms with Gasteiger partial charge in [-0.05, 0) is 18.9 Å². The first-order chi connectivity index (χ1) is 16.5. The summed E-state index contributed by atoms with van der Waals surface area (Å²) in [6.07, 6.45) is 0.864. The lowest BCUT2D eigenvalue weighted by molar-refractivity contribution is -0.151. The predicted octanol–water partition coefficient (Wildman–Crippen LogP) is 3.89. The summed E-state index contributed by atoms with van der Waals surface area (Å²) >= 11 is 19.5. The Balaban J connectivity index is 1.75. The molecule has 0 aromatic heterocycles. The van der Waals surface area contributed by atoms with E-state index < -0.39 is 41.3 Å². The highest BCUT2D eigenvalue weighted by molar-refractivity contribution is 8.00. The number of esters is 1. The van der Waals surface area contributed by atoms with Crippen molar-refractivity contribution in [3.63, 3.8) is 0 Å². The number of nitrogens with zero attached hydrogens (tertiary/aromatic N) is 1. The van der Waals surface area contributed by atoms with E-state index in [1.165, 1.54) is 30.8 Å². The quantitative estimate of drug-likeness (QED) is 0.249. The van der Waals surface area contributed by atoms with Gasteiger partial charge in [0.25, 0.3) is 11.8 Å². The second-order valence-electron chi connectivity index (χ2n) is 7.88. The van der Waals surface area contributed by atoms with Crippen LogP contribution in [0.4, 0.5) is 0 Å². The van der Waals surface area contributed by atoms with Gasteiger partial charge in [-0.15, -0.1) is 11.8 Å². The van der Waals surface area contributed by atoms with Crippen LogP contribution >= 0.6 is 46.6 Å². The number of hydrogen-bond acceptors (Lipinski definition) is 7. The summed E-state index contributed by atoms with van der Waals surface area (Å²) in [7, 11) is 0. The second-order valence-corrected chi connectivity index (χ2v) is 10.2. The number of unbranched alkanes of at least 4 members (excludes halogenated alkanes) is 1. The van der Waals surface area contributed by atoms with E-state index in [1.807, 2.05) is 6.92 Å². The number of halogens is 3. The number of amides is 2. The molecular weight excluding hydrogens is 543 g/mol. The van der Waals surface area contributed by atoms with Gasteiger partial charge >= 0.3 is 11.9 Å². The number of carbonyl (C=O) groups excluding carboxylic acids is 3. The van der Waals surface area contributed by atoms with Crippen molar-refractivity contribution in [2.24, 2.45) is 0 Å². The van der Waals surface area contributed by atoms with Crippen molar-refractivity contribution in [2.75, 3.05) is 12.4 Å². The molecule has 2 heterocycles. The SMILES string of the molecule is CCCCC(Oc1cc(Cl)c(Cl)cc1Cl)C(=O)N[C@@H]1C(=O)N2C(C(=O)O)=C(COC(C)=O)CS[C@H]12. The van der Waals surface area contributed by atoms with Crippen LogP contribution in [-0.2, 0) is 23.9 Å². The third-order valence-corrected chi connectivity index (χ3v) is 7.71. The van der Waals surface area contributed by atoms with Crippen LogP contribution in [0.5, 0.6) is 5.75 Å². The van der Waals surface area contributed by atoms with E-state index >= 15 is 0 Å². The summed E-state index contributed by atoms with van der Waals surface area (Å²) in [5, 5.41) is 12.4. The van der Waals surface area contributed by atoms with Crippen LogP contribution in [0.25, 0.3) is 0 Å². The van der Waals surface area contributed by atoms with E-state index in [9.17, 15) is 24.3 Å². The minimum atomic E-state index is -1.31. The van der Waals surface area contributed by atoms with E-state index in [2.05, 4.69) is 5.32 Å². The molecule has 190 valence electrons. The summed E-state index contributed by atoms with van der Waals surface area (Å²) < 4.78 is 10.8. The molecule has 1 aromatic rings. The largest absolute Gasteiger partial charge is 0.479 e. The predicted molar refractivity (Wildman–Crippen MR) is 132 cm³/mol. The zero-order valence-electron chi connectivity index (χ0n) is 18.8. The standard InChI is InChI=1S/C22H23Cl3N2O7S/c1-3-4-5-15(34-16-7-13(24)12(23)6-14(16)25)19(29)26-17-20(30)27-18(22(31)32)11(8-33-10(2)28)9-35-21(17)27/h6-7,15,17,21H,3-5,8-9H2,1-2H3,(H,26,29)(H,31,32)/t15?,17-,21-/m1/s1. The highest BCUT2D eigenvalue weighted by Crippen LogP contribution is 2.40. The molecule has 9 nitrogen and oxygen atoms in total. The van der Waals surface area contributed by atoms with Gasteiger partial charge in [-0.25, -0.2) is 4.79 Å². The highest BCUT2D eigenvalue weighted by atomic mass is 35.5. The van der Waals surface area contributed by atoms with Gasteiger partial charge in [0.05, 0.1) is 15.1 Å². The van der Waals surface area contributed by atoms with Gasteiger partial charge in [-0.2, -0.15) is 0 Å². The van der Waals surface area contributed by atoms with E-state index in [-0.39, 0.29) is 38.9 Å². The van der Waals surface area contributed by atoms with E-state index in [1.54, 1.807) is 0 Å². The Kier molecular flexibility index (Phi) is 9.20. The van der Waals surface area contributed by atoms with Gasteiger partial charge in [-0.1, -0.05) is 48.1 Å². The summed E-state index contributed by atoms with van der Waals surface area (Å²) in [5.74, 6) is -2.58. The minimum absolute atomic E-state index is 0.178. The molecule has 0 saturated carbocycles. The third kappa shape index (κ3) is 6.17. The Morgan fingerprint density at radius 2 is 1.91 bits per heavy atom. The second kappa shape index (κ2) is 11.7. The molecule has 3 atom stereocenters. The normalized spacial score (nSPS) is 20.0. The summed E-state index contributed by atoms with van der Waals surface area (Å²) in [6.45, 7) is 2.94. The maximum Gasteiger partial charge on any atom is 0.352 e. The Morgan fingerprint density at radius 1 is 1.23 bits per heavy atom. The smallest absolute Gasteiger partial charge is 0.352 e. The fraction of sp³-hybridized carbons (Fsp3) is 0.455. The average Bonchev–Trinajstić information content (AvgIpc) is 2.80. The fourth-order valence-corrected chi connectivity index (χ4v) is 5.52. The van der Waals surface area contributed by atoms with Gasteiger partial charge in [0.1, 0.15) is 29.5 Å². The maximum atomic E-state index is 13.1. The lowest BCUT2D eigenvalue weighted by Crippen LogP contribution is -2.71. The van der Waals surface area contributed by atoms with E-state index in [0.29, 0.717) is 18.4 Å². The van der Waals surface area contributed by atoms with Crippen molar-refractivity contribution in [1.82, 2.24) is 10.2 Å². The molecule has 2 aliphatic rings. The van der Waals surface area contributed by atoms with Crippen molar-refractivity contribution in [1.29, 1.82) is 0 Å². The van der Waals surface area contributed by atoms with E-state index in [4.69, 9.17) is 44.3 Å². The number of carboxylic acid groups (broad SMARTS) is 1. The number of rotatable bonds is 10. The summed E-state index contributed by atoms with van der Waals surface area (Å²) in [5.41, 5.74) is 0.0809. The number of ether oxygens (including phenoxy) is 2. The number of thioether (sulfide) groups is 1. The van der Waals surface area contributed by atoms with Gasteiger partial charge in [-0.3, -0.25) is 19.3 Å². The maximum absolute atomic E-state index is 13.1. The molecule has 1 aromatic carbocycles. The zero-order chi connectivity index (χ0) is 25.9. The number of carbonyl (C=O) groups is 4. The Morgan fingerprint density at radius 3 is 2.54 bits per heavy atom. The molecule has 0 bridgehead atoms. The Bertz CT molecular complexity index is 1080. The van der Waals surface area contributed by atoms with Crippen molar-refractivity contribution in [3.8, 4) is 5.75 Å². The van der Waals surface area contributed by atoms with Crippen molar-refractivity contribution in [3.05, 3.63) is 38.5 Å². The number of carboxylic acids is 1. The molecule has 0 aliphatic carbocycles. The van der Waals surface area contributed by atoms with Gasteiger partial charge < -0.3 is 19.9 Å². The Hall–Kier alpha value is -2.14. The van der Waals surface area contributed by atoms with Gasteiger partial charge in [0, 0.05) is 24.3 Å². The summed E-state index contributed by atoms with van der Waals surface area (Å²) in [6, 6.07) is 1.89. The molecule has 2 N–H and O–H groups in total. The molecular formula is C22H23Cl3N2O7S. The molecule has 2 amide bonds. The average molecular weight is 566 g/mol. The molecule has 0 radical (unpaired) electrons. The number of aliphatic carboxylic acids is 1. The summed E-state index contributed by atoms with van der Waals surface area (Å²) in [4.78, 5) is 50.0. The van der Waals surface area contributed by atoms with E-state index in [0.717, 1.165) is 11.3 Å². The topological polar surface area (TPSA) is 122 Å². The number of benzene rings is 1. The monoisotopic (exact) mass is 564 g/mol. The van der Waals surface area contributed by atoms with Crippen LogP contribution < -0.4 is 10.1 Å². The molecule has 1 unspecified atom stereocenters. The first-order valence-corrected chi connectivity index (χ1v) is 12.9. The molecule has 2 aliphatic heterocycles. The lowest BCUT2D eigenvalue weighted by Gasteiger charge is -2.49. The third-order valence-electron chi connectivity index (χ3n) is 5.35. The molecule has 35 heavy (non-hydrogen) atoms. The first-order valence-electron chi connectivity index (χ1n) is 10.7. The number of hydrogen-bond donors (Lipinski definition) is 2. The van der Waals surface area contributed by atoms with Crippen LogP contribution in [-0.4, -0.2) is 63.6 Å². The van der Waals surface area contributed by atoms with Gasteiger partial charge in [0.2, 0.25) is 0 Å². The Labute approximate surface area is 221 Å². The molecule has 1 saturated heterocycles. The molecule has 0 spiro atoms. The number of fused-ring (bicyclic) bond motifs is 1. The van der Waals surface area contributed by atoms with Crippen LogP contribution in [0.2, 0.25) is 15.1 Å². The zero-order valence-corrected chi connectivity index (χ0v) is 21.9. The van der Waals surface area contributed by atoms with Gasteiger partial charge in [0.15, 0.2) is 6.10 Å². The number of nitrogens with one attached hydrogen (secondary N) is 1. The highest BCUT2D eigenvalue weighted by Gasteiger charge is 2.54.